The molecule has 1 atom stereocenters. The van der Waals surface area contributed by atoms with Gasteiger partial charge in [0.1, 0.15) is 12.4 Å². The number of benzene rings is 2. The molecule has 108 valence electrons. The molecule has 0 spiro atoms. The molecular formula is C20H22O. The second-order valence-electron chi connectivity index (χ2n) is 5.14. The van der Waals surface area contributed by atoms with E-state index in [1.54, 1.807) is 0 Å². The maximum Gasteiger partial charge on any atom is 0.119 e. The zero-order valence-electron chi connectivity index (χ0n) is 13.0. The molecule has 0 saturated carbocycles. The van der Waals surface area contributed by atoms with Crippen molar-refractivity contribution < 1.29 is 4.74 Å². The van der Waals surface area contributed by atoms with Gasteiger partial charge in [-0.1, -0.05) is 49.2 Å². The van der Waals surface area contributed by atoms with Crippen molar-refractivity contribution in [2.24, 2.45) is 0 Å². The topological polar surface area (TPSA) is 9.23 Å². The van der Waals surface area contributed by atoms with Crippen LogP contribution in [0.4, 0.5) is 0 Å². The molecule has 2 rings (SSSR count). The highest BCUT2D eigenvalue weighted by Gasteiger charge is 2.06. The van der Waals surface area contributed by atoms with Crippen molar-refractivity contribution in [2.75, 3.05) is 0 Å². The fourth-order valence-electron chi connectivity index (χ4n) is 2.32. The van der Waals surface area contributed by atoms with Gasteiger partial charge in [-0.25, -0.2) is 0 Å². The Hall–Kier alpha value is -2.20. The molecule has 0 aliphatic carbocycles. The molecule has 2 aromatic carbocycles. The van der Waals surface area contributed by atoms with E-state index in [9.17, 15) is 0 Å². The quantitative estimate of drug-likeness (QED) is 0.692. The molecule has 0 fully saturated rings. The van der Waals surface area contributed by atoms with Crippen molar-refractivity contribution in [1.82, 2.24) is 0 Å². The van der Waals surface area contributed by atoms with Crippen molar-refractivity contribution in [3.05, 3.63) is 65.2 Å². The standard InChI is InChI=1S/C20H22O/c1-4-8-17(5-2)18-11-13-20(14-12-18)21-15-19-10-7-6-9-16(19)3/h6-7,9-14,17H,5,15H2,1-3H3. The van der Waals surface area contributed by atoms with Crippen LogP contribution in [0.5, 0.6) is 5.75 Å². The summed E-state index contributed by atoms with van der Waals surface area (Å²) in [7, 11) is 0. The minimum atomic E-state index is 0.320. The first-order valence-corrected chi connectivity index (χ1v) is 7.44. The second kappa shape index (κ2) is 7.55. The van der Waals surface area contributed by atoms with Crippen LogP contribution in [-0.4, -0.2) is 0 Å². The summed E-state index contributed by atoms with van der Waals surface area (Å²) in [6.45, 7) is 6.77. The first-order chi connectivity index (χ1) is 10.2. The van der Waals surface area contributed by atoms with Gasteiger partial charge in [-0.05, 0) is 49.1 Å². The zero-order chi connectivity index (χ0) is 15.1. The highest BCUT2D eigenvalue weighted by Crippen LogP contribution is 2.22. The average molecular weight is 278 g/mol. The first kappa shape index (κ1) is 15.2. The van der Waals surface area contributed by atoms with E-state index >= 15 is 0 Å². The predicted octanol–water partition coefficient (Wildman–Crippen LogP) is 5.09. The van der Waals surface area contributed by atoms with Gasteiger partial charge in [0.2, 0.25) is 0 Å². The van der Waals surface area contributed by atoms with E-state index in [0.29, 0.717) is 12.5 Å². The minimum Gasteiger partial charge on any atom is -0.489 e. The minimum absolute atomic E-state index is 0.320. The molecule has 0 bridgehead atoms. The van der Waals surface area contributed by atoms with Gasteiger partial charge in [-0.15, -0.1) is 5.92 Å². The van der Waals surface area contributed by atoms with Crippen LogP contribution in [0.2, 0.25) is 0 Å². The Labute approximate surface area is 128 Å². The molecule has 0 saturated heterocycles. The van der Waals surface area contributed by atoms with Gasteiger partial charge in [0.25, 0.3) is 0 Å². The summed E-state index contributed by atoms with van der Waals surface area (Å²) in [4.78, 5) is 0. The Bertz CT molecular complexity index is 629. The molecule has 0 heterocycles. The largest absolute Gasteiger partial charge is 0.489 e. The van der Waals surface area contributed by atoms with Crippen molar-refractivity contribution in [1.29, 1.82) is 0 Å². The Balaban J connectivity index is 2.02. The molecule has 2 aromatic rings. The van der Waals surface area contributed by atoms with Crippen molar-refractivity contribution in [2.45, 2.75) is 39.7 Å². The normalized spacial score (nSPS) is 11.4. The van der Waals surface area contributed by atoms with Crippen molar-refractivity contribution in [3.8, 4) is 17.6 Å². The third kappa shape index (κ3) is 4.13. The van der Waals surface area contributed by atoms with Crippen LogP contribution in [0.15, 0.2) is 48.5 Å². The number of hydrogen-bond donors (Lipinski definition) is 0. The average Bonchev–Trinajstić information content (AvgIpc) is 2.52. The molecule has 1 nitrogen and oxygen atoms in total. The van der Waals surface area contributed by atoms with Crippen LogP contribution in [-0.2, 0) is 6.61 Å². The van der Waals surface area contributed by atoms with Gasteiger partial charge in [-0.3, -0.25) is 0 Å². The van der Waals surface area contributed by atoms with E-state index in [-0.39, 0.29) is 0 Å². The predicted molar refractivity (Wildman–Crippen MR) is 88.4 cm³/mol. The van der Waals surface area contributed by atoms with Gasteiger partial charge in [0.15, 0.2) is 0 Å². The Morgan fingerprint density at radius 3 is 2.38 bits per heavy atom. The lowest BCUT2D eigenvalue weighted by Crippen LogP contribution is -1.98. The SMILES string of the molecule is CC#CC(CC)c1ccc(OCc2ccccc2C)cc1. The molecule has 0 amide bonds. The molecule has 1 heteroatoms. The van der Waals surface area contributed by atoms with E-state index in [4.69, 9.17) is 4.74 Å². The van der Waals surface area contributed by atoms with Crippen LogP contribution >= 0.6 is 0 Å². The van der Waals surface area contributed by atoms with E-state index in [0.717, 1.165) is 12.2 Å². The van der Waals surface area contributed by atoms with Crippen LogP contribution in [0.3, 0.4) is 0 Å². The van der Waals surface area contributed by atoms with Gasteiger partial charge in [-0.2, -0.15) is 0 Å². The van der Waals surface area contributed by atoms with Crippen LogP contribution in [0, 0.1) is 18.8 Å². The summed E-state index contributed by atoms with van der Waals surface area (Å²) < 4.78 is 5.87. The molecule has 0 radical (unpaired) electrons. The smallest absolute Gasteiger partial charge is 0.119 e. The second-order valence-corrected chi connectivity index (χ2v) is 5.14. The summed E-state index contributed by atoms with van der Waals surface area (Å²) in [5.41, 5.74) is 3.75. The molecule has 0 aliphatic heterocycles. The number of hydrogen-bond acceptors (Lipinski definition) is 1. The zero-order valence-corrected chi connectivity index (χ0v) is 13.0. The van der Waals surface area contributed by atoms with E-state index in [2.05, 4.69) is 50.0 Å². The van der Waals surface area contributed by atoms with Gasteiger partial charge in [0.05, 0.1) is 0 Å². The van der Waals surface area contributed by atoms with Crippen molar-refractivity contribution >= 4 is 0 Å². The van der Waals surface area contributed by atoms with E-state index in [1.807, 2.05) is 31.2 Å². The molecule has 0 aliphatic rings. The van der Waals surface area contributed by atoms with Crippen LogP contribution in [0.25, 0.3) is 0 Å². The van der Waals surface area contributed by atoms with Crippen LogP contribution < -0.4 is 4.74 Å². The lowest BCUT2D eigenvalue weighted by Gasteiger charge is -2.11. The maximum atomic E-state index is 5.87. The Morgan fingerprint density at radius 1 is 1.05 bits per heavy atom. The number of rotatable bonds is 5. The number of ether oxygens (including phenoxy) is 1. The molecule has 1 unspecified atom stereocenters. The van der Waals surface area contributed by atoms with Gasteiger partial charge >= 0.3 is 0 Å². The summed E-state index contributed by atoms with van der Waals surface area (Å²) >= 11 is 0. The Kier molecular flexibility index (Phi) is 5.46. The van der Waals surface area contributed by atoms with Gasteiger partial charge < -0.3 is 4.74 Å². The van der Waals surface area contributed by atoms with Crippen LogP contribution in [0.1, 0.15) is 42.9 Å². The molecule has 0 aromatic heterocycles. The summed E-state index contributed by atoms with van der Waals surface area (Å²) in [5, 5.41) is 0. The Morgan fingerprint density at radius 2 is 1.76 bits per heavy atom. The number of aryl methyl sites for hydroxylation is 1. The van der Waals surface area contributed by atoms with Crippen molar-refractivity contribution in [3.63, 3.8) is 0 Å². The fraction of sp³-hybridized carbons (Fsp3) is 0.300. The molecule has 0 N–H and O–H groups in total. The lowest BCUT2D eigenvalue weighted by atomic mass is 9.97. The van der Waals surface area contributed by atoms with E-state index in [1.165, 1.54) is 16.7 Å². The van der Waals surface area contributed by atoms with E-state index < -0.39 is 0 Å². The maximum absolute atomic E-state index is 5.87. The highest BCUT2D eigenvalue weighted by molar-refractivity contribution is 5.34. The summed E-state index contributed by atoms with van der Waals surface area (Å²) in [5.74, 6) is 7.47. The highest BCUT2D eigenvalue weighted by atomic mass is 16.5. The summed E-state index contributed by atoms with van der Waals surface area (Å²) in [6, 6.07) is 16.6. The fourth-order valence-corrected chi connectivity index (χ4v) is 2.32. The monoisotopic (exact) mass is 278 g/mol. The van der Waals surface area contributed by atoms with Gasteiger partial charge in [0, 0.05) is 5.92 Å². The molecular weight excluding hydrogens is 256 g/mol. The molecule has 21 heavy (non-hydrogen) atoms. The lowest BCUT2D eigenvalue weighted by molar-refractivity contribution is 0.305. The third-order valence-corrected chi connectivity index (χ3v) is 3.66. The third-order valence-electron chi connectivity index (χ3n) is 3.66. The first-order valence-electron chi connectivity index (χ1n) is 7.44. The summed E-state index contributed by atoms with van der Waals surface area (Å²) in [6.07, 6.45) is 1.03.